The van der Waals surface area contributed by atoms with Gasteiger partial charge in [0.25, 0.3) is 0 Å². The summed E-state index contributed by atoms with van der Waals surface area (Å²) in [5.41, 5.74) is 0. The van der Waals surface area contributed by atoms with Crippen molar-refractivity contribution < 1.29 is 9.90 Å². The molecule has 1 saturated carbocycles. The summed E-state index contributed by atoms with van der Waals surface area (Å²) in [5, 5.41) is 12.4. The Bertz CT molecular complexity index is 270. The van der Waals surface area contributed by atoms with E-state index < -0.39 is 0 Å². The third-order valence-electron chi connectivity index (χ3n) is 4.55. The number of amides is 1. The number of hydrogen-bond donors (Lipinski definition) is 2. The molecule has 0 radical (unpaired) electrons. The number of rotatable bonds is 8. The van der Waals surface area contributed by atoms with Crippen LogP contribution >= 0.6 is 0 Å². The summed E-state index contributed by atoms with van der Waals surface area (Å²) in [5.74, 6) is 1.66. The number of carbonyl (C=O) groups is 1. The van der Waals surface area contributed by atoms with E-state index in [1.54, 1.807) is 6.92 Å². The van der Waals surface area contributed by atoms with E-state index in [1.165, 1.54) is 32.1 Å². The second kappa shape index (κ2) is 9.38. The number of unbranched alkanes of at least 4 members (excludes halogenated alkanes) is 1. The van der Waals surface area contributed by atoms with Crippen LogP contribution in [0.3, 0.4) is 0 Å². The van der Waals surface area contributed by atoms with Crippen molar-refractivity contribution in [2.75, 3.05) is 6.54 Å². The SMILES string of the molecule is CCCCC1CCC(C(=O)NCC(C)CC(C)O)CC1. The third-order valence-corrected chi connectivity index (χ3v) is 4.55. The molecule has 0 aromatic carbocycles. The first kappa shape index (κ1) is 17.5. The van der Waals surface area contributed by atoms with Gasteiger partial charge in [0.2, 0.25) is 5.91 Å². The van der Waals surface area contributed by atoms with Crippen molar-refractivity contribution in [3.05, 3.63) is 0 Å². The lowest BCUT2D eigenvalue weighted by molar-refractivity contribution is -0.126. The standard InChI is InChI=1S/C17H33NO2/c1-4-5-6-15-7-9-16(10-8-15)17(20)18-12-13(2)11-14(3)19/h13-16,19H,4-12H2,1-3H3,(H,18,20). The highest BCUT2D eigenvalue weighted by atomic mass is 16.3. The summed E-state index contributed by atoms with van der Waals surface area (Å²) >= 11 is 0. The molecule has 2 N–H and O–H groups in total. The van der Waals surface area contributed by atoms with Gasteiger partial charge in [-0.15, -0.1) is 0 Å². The molecule has 1 rings (SSSR count). The first-order chi connectivity index (χ1) is 9.52. The Morgan fingerprint density at radius 3 is 2.45 bits per heavy atom. The van der Waals surface area contributed by atoms with Crippen LogP contribution in [-0.2, 0) is 4.79 Å². The molecule has 118 valence electrons. The maximum atomic E-state index is 12.1. The Morgan fingerprint density at radius 2 is 1.90 bits per heavy atom. The van der Waals surface area contributed by atoms with Crippen LogP contribution in [0, 0.1) is 17.8 Å². The fourth-order valence-corrected chi connectivity index (χ4v) is 3.29. The molecule has 0 heterocycles. The highest BCUT2D eigenvalue weighted by Crippen LogP contribution is 2.31. The van der Waals surface area contributed by atoms with E-state index in [0.29, 0.717) is 12.5 Å². The minimum atomic E-state index is -0.282. The molecular weight excluding hydrogens is 250 g/mol. The lowest BCUT2D eigenvalue weighted by atomic mass is 9.79. The van der Waals surface area contributed by atoms with E-state index in [2.05, 4.69) is 19.2 Å². The number of aliphatic hydroxyl groups is 1. The molecule has 0 bridgehead atoms. The highest BCUT2D eigenvalue weighted by molar-refractivity contribution is 5.78. The monoisotopic (exact) mass is 283 g/mol. The van der Waals surface area contributed by atoms with Crippen LogP contribution < -0.4 is 5.32 Å². The molecule has 0 aromatic heterocycles. The number of aliphatic hydroxyl groups excluding tert-OH is 1. The van der Waals surface area contributed by atoms with Crippen LogP contribution in [0.15, 0.2) is 0 Å². The average Bonchev–Trinajstić information content (AvgIpc) is 2.42. The van der Waals surface area contributed by atoms with Gasteiger partial charge in [-0.05, 0) is 50.9 Å². The molecule has 1 aliphatic carbocycles. The van der Waals surface area contributed by atoms with Gasteiger partial charge in [-0.3, -0.25) is 4.79 Å². The van der Waals surface area contributed by atoms with Crippen LogP contribution in [0.1, 0.15) is 72.1 Å². The minimum absolute atomic E-state index is 0.228. The highest BCUT2D eigenvalue weighted by Gasteiger charge is 2.25. The van der Waals surface area contributed by atoms with Crippen LogP contribution in [0.4, 0.5) is 0 Å². The maximum absolute atomic E-state index is 12.1. The van der Waals surface area contributed by atoms with Gasteiger partial charge in [0.1, 0.15) is 0 Å². The lowest BCUT2D eigenvalue weighted by Gasteiger charge is -2.28. The smallest absolute Gasteiger partial charge is 0.223 e. The van der Waals surface area contributed by atoms with Crippen molar-refractivity contribution in [2.24, 2.45) is 17.8 Å². The molecule has 3 heteroatoms. The summed E-state index contributed by atoms with van der Waals surface area (Å²) in [6, 6.07) is 0. The van der Waals surface area contributed by atoms with Gasteiger partial charge in [0.05, 0.1) is 6.10 Å². The van der Waals surface area contributed by atoms with Gasteiger partial charge in [0.15, 0.2) is 0 Å². The molecule has 2 atom stereocenters. The molecule has 0 spiro atoms. The fourth-order valence-electron chi connectivity index (χ4n) is 3.29. The van der Waals surface area contributed by atoms with E-state index in [1.807, 2.05) is 0 Å². The Balaban J connectivity index is 2.19. The minimum Gasteiger partial charge on any atom is -0.393 e. The Kier molecular flexibility index (Phi) is 8.20. The number of nitrogens with one attached hydrogen (secondary N) is 1. The van der Waals surface area contributed by atoms with Gasteiger partial charge in [-0.25, -0.2) is 0 Å². The largest absolute Gasteiger partial charge is 0.393 e. The topological polar surface area (TPSA) is 49.3 Å². The molecule has 1 amide bonds. The van der Waals surface area contributed by atoms with Crippen molar-refractivity contribution in [3.8, 4) is 0 Å². The molecule has 0 saturated heterocycles. The van der Waals surface area contributed by atoms with Crippen LogP contribution in [-0.4, -0.2) is 23.7 Å². The first-order valence-electron chi connectivity index (χ1n) is 8.48. The van der Waals surface area contributed by atoms with E-state index >= 15 is 0 Å². The molecule has 1 fully saturated rings. The number of hydrogen-bond acceptors (Lipinski definition) is 2. The summed E-state index contributed by atoms with van der Waals surface area (Å²) < 4.78 is 0. The van der Waals surface area contributed by atoms with Crippen molar-refractivity contribution in [1.82, 2.24) is 5.32 Å². The summed E-state index contributed by atoms with van der Waals surface area (Å²) in [4.78, 5) is 12.1. The zero-order valence-electron chi connectivity index (χ0n) is 13.5. The van der Waals surface area contributed by atoms with Crippen molar-refractivity contribution in [3.63, 3.8) is 0 Å². The van der Waals surface area contributed by atoms with E-state index in [-0.39, 0.29) is 17.9 Å². The molecule has 2 unspecified atom stereocenters. The van der Waals surface area contributed by atoms with Gasteiger partial charge < -0.3 is 10.4 Å². The molecule has 20 heavy (non-hydrogen) atoms. The summed E-state index contributed by atoms with van der Waals surface area (Å²) in [7, 11) is 0. The average molecular weight is 283 g/mol. The molecule has 0 aliphatic heterocycles. The van der Waals surface area contributed by atoms with E-state index in [4.69, 9.17) is 0 Å². The van der Waals surface area contributed by atoms with Gasteiger partial charge >= 0.3 is 0 Å². The quantitative estimate of drug-likeness (QED) is 0.716. The first-order valence-corrected chi connectivity index (χ1v) is 8.48. The van der Waals surface area contributed by atoms with Crippen molar-refractivity contribution in [2.45, 2.75) is 78.2 Å². The lowest BCUT2D eigenvalue weighted by Crippen LogP contribution is -2.36. The van der Waals surface area contributed by atoms with Crippen molar-refractivity contribution in [1.29, 1.82) is 0 Å². The molecule has 3 nitrogen and oxygen atoms in total. The van der Waals surface area contributed by atoms with Gasteiger partial charge in [-0.2, -0.15) is 0 Å². The van der Waals surface area contributed by atoms with Crippen LogP contribution in [0.5, 0.6) is 0 Å². The second-order valence-electron chi connectivity index (χ2n) is 6.79. The Hall–Kier alpha value is -0.570. The van der Waals surface area contributed by atoms with Crippen LogP contribution in [0.25, 0.3) is 0 Å². The van der Waals surface area contributed by atoms with Gasteiger partial charge in [-0.1, -0.05) is 33.1 Å². The third kappa shape index (κ3) is 6.74. The van der Waals surface area contributed by atoms with Crippen LogP contribution in [0.2, 0.25) is 0 Å². The van der Waals surface area contributed by atoms with E-state index in [9.17, 15) is 9.90 Å². The maximum Gasteiger partial charge on any atom is 0.223 e. The fraction of sp³-hybridized carbons (Fsp3) is 0.941. The number of carbonyl (C=O) groups excluding carboxylic acids is 1. The van der Waals surface area contributed by atoms with Crippen molar-refractivity contribution >= 4 is 5.91 Å². The van der Waals surface area contributed by atoms with E-state index in [0.717, 1.165) is 25.2 Å². The molecule has 1 aliphatic rings. The predicted molar refractivity (Wildman–Crippen MR) is 83.4 cm³/mol. The normalized spacial score (nSPS) is 26.0. The Labute approximate surface area is 124 Å². The zero-order valence-corrected chi connectivity index (χ0v) is 13.5. The molecular formula is C17H33NO2. The van der Waals surface area contributed by atoms with Gasteiger partial charge in [0, 0.05) is 12.5 Å². The Morgan fingerprint density at radius 1 is 1.25 bits per heavy atom. The zero-order chi connectivity index (χ0) is 15.0. The second-order valence-corrected chi connectivity index (χ2v) is 6.79. The molecule has 0 aromatic rings. The predicted octanol–water partition coefficient (Wildman–Crippen LogP) is 3.51. The summed E-state index contributed by atoms with van der Waals surface area (Å²) in [6.45, 7) is 6.82. The summed E-state index contributed by atoms with van der Waals surface area (Å²) in [6.07, 6.45) is 9.00.